The minimum atomic E-state index is 0.130. The highest BCUT2D eigenvalue weighted by Gasteiger charge is 2.00. The zero-order chi connectivity index (χ0) is 12.0. The number of hydrogen-bond donors (Lipinski definition) is 2. The Balaban J connectivity index is 2.51. The summed E-state index contributed by atoms with van der Waals surface area (Å²) in [5.41, 5.74) is 7.46. The first-order valence-electron chi connectivity index (χ1n) is 5.75. The fourth-order valence-corrected chi connectivity index (χ4v) is 1.61. The molecule has 16 heavy (non-hydrogen) atoms. The van der Waals surface area contributed by atoms with Crippen LogP contribution in [0.2, 0.25) is 0 Å². The number of nitrogens with two attached hydrogens (primary N) is 1. The smallest absolute Gasteiger partial charge is 0.122 e. The molecule has 0 aliphatic rings. The van der Waals surface area contributed by atoms with Gasteiger partial charge in [-0.05, 0) is 25.6 Å². The molecule has 0 atom stereocenters. The van der Waals surface area contributed by atoms with Crippen molar-refractivity contribution in [3.8, 4) is 0 Å². The maximum atomic E-state index is 7.31. The topological polar surface area (TPSA) is 53.1 Å². The average molecular weight is 219 g/mol. The van der Waals surface area contributed by atoms with Crippen molar-refractivity contribution in [2.45, 2.75) is 26.3 Å². The van der Waals surface area contributed by atoms with Crippen LogP contribution in [-0.2, 0) is 6.54 Å². The van der Waals surface area contributed by atoms with E-state index in [2.05, 4.69) is 18.9 Å². The minimum absolute atomic E-state index is 0.130. The van der Waals surface area contributed by atoms with E-state index in [4.69, 9.17) is 11.1 Å². The van der Waals surface area contributed by atoms with Gasteiger partial charge in [0, 0.05) is 12.1 Å². The van der Waals surface area contributed by atoms with Crippen LogP contribution in [0.5, 0.6) is 0 Å². The molecule has 0 bridgehead atoms. The van der Waals surface area contributed by atoms with Crippen molar-refractivity contribution in [3.05, 3.63) is 35.4 Å². The van der Waals surface area contributed by atoms with E-state index in [0.717, 1.165) is 18.7 Å². The van der Waals surface area contributed by atoms with Gasteiger partial charge in [-0.25, -0.2) is 0 Å². The molecule has 0 aliphatic heterocycles. The standard InChI is InChI=1S/C13H21N3/c1-3-4-9-16(2)10-11-5-7-12(8-6-11)13(14)15/h5-8H,3-4,9-10H2,1-2H3,(H3,14,15). The summed E-state index contributed by atoms with van der Waals surface area (Å²) >= 11 is 0. The lowest BCUT2D eigenvalue weighted by Gasteiger charge is -2.16. The Morgan fingerprint density at radius 2 is 1.94 bits per heavy atom. The largest absolute Gasteiger partial charge is 0.384 e. The van der Waals surface area contributed by atoms with Gasteiger partial charge >= 0.3 is 0 Å². The van der Waals surface area contributed by atoms with E-state index in [-0.39, 0.29) is 5.84 Å². The molecule has 0 unspecified atom stereocenters. The first-order chi connectivity index (χ1) is 7.63. The van der Waals surface area contributed by atoms with E-state index in [1.807, 2.05) is 24.3 Å². The quantitative estimate of drug-likeness (QED) is 0.569. The zero-order valence-electron chi connectivity index (χ0n) is 10.2. The van der Waals surface area contributed by atoms with E-state index in [0.29, 0.717) is 0 Å². The van der Waals surface area contributed by atoms with Crippen molar-refractivity contribution in [2.24, 2.45) is 5.73 Å². The Bertz CT molecular complexity index is 330. The fraction of sp³-hybridized carbons (Fsp3) is 0.462. The molecule has 0 saturated carbocycles. The van der Waals surface area contributed by atoms with Crippen LogP contribution in [0.3, 0.4) is 0 Å². The van der Waals surface area contributed by atoms with Crippen LogP contribution >= 0.6 is 0 Å². The highest BCUT2D eigenvalue weighted by molar-refractivity contribution is 5.94. The molecule has 0 fully saturated rings. The molecule has 1 aromatic rings. The fourth-order valence-electron chi connectivity index (χ4n) is 1.61. The van der Waals surface area contributed by atoms with E-state index in [9.17, 15) is 0 Å². The van der Waals surface area contributed by atoms with Gasteiger partial charge < -0.3 is 10.6 Å². The number of amidine groups is 1. The summed E-state index contributed by atoms with van der Waals surface area (Å²) in [4.78, 5) is 2.31. The molecule has 0 amide bonds. The van der Waals surface area contributed by atoms with Crippen molar-refractivity contribution in [1.82, 2.24) is 4.90 Å². The minimum Gasteiger partial charge on any atom is -0.384 e. The van der Waals surface area contributed by atoms with Crippen LogP contribution < -0.4 is 5.73 Å². The van der Waals surface area contributed by atoms with Crippen molar-refractivity contribution >= 4 is 5.84 Å². The van der Waals surface area contributed by atoms with Gasteiger partial charge in [0.15, 0.2) is 0 Å². The van der Waals surface area contributed by atoms with Crippen molar-refractivity contribution in [1.29, 1.82) is 5.41 Å². The van der Waals surface area contributed by atoms with Gasteiger partial charge in [-0.3, -0.25) is 5.41 Å². The summed E-state index contributed by atoms with van der Waals surface area (Å²) in [7, 11) is 2.13. The summed E-state index contributed by atoms with van der Waals surface area (Å²) in [6.45, 7) is 4.29. The molecule has 0 aromatic heterocycles. The number of rotatable bonds is 6. The number of nitrogens with zero attached hydrogens (tertiary/aromatic N) is 1. The third kappa shape index (κ3) is 4.03. The molecule has 1 aromatic carbocycles. The second kappa shape index (κ2) is 6.28. The van der Waals surface area contributed by atoms with Gasteiger partial charge in [0.2, 0.25) is 0 Å². The molecule has 0 saturated heterocycles. The molecule has 3 N–H and O–H groups in total. The summed E-state index contributed by atoms with van der Waals surface area (Å²) in [6.07, 6.45) is 2.47. The number of unbranched alkanes of at least 4 members (excludes halogenated alkanes) is 1. The molecule has 3 nitrogen and oxygen atoms in total. The molecule has 1 rings (SSSR count). The monoisotopic (exact) mass is 219 g/mol. The van der Waals surface area contributed by atoms with Crippen LogP contribution in [0.4, 0.5) is 0 Å². The maximum absolute atomic E-state index is 7.31. The van der Waals surface area contributed by atoms with E-state index in [1.54, 1.807) is 0 Å². The lowest BCUT2D eigenvalue weighted by Crippen LogP contribution is -2.19. The van der Waals surface area contributed by atoms with Crippen LogP contribution in [0.15, 0.2) is 24.3 Å². The number of benzene rings is 1. The Kier molecular flexibility index (Phi) is 4.99. The lowest BCUT2D eigenvalue weighted by atomic mass is 10.1. The third-order valence-electron chi connectivity index (χ3n) is 2.61. The first kappa shape index (κ1) is 12.7. The van der Waals surface area contributed by atoms with Gasteiger partial charge in [0.25, 0.3) is 0 Å². The van der Waals surface area contributed by atoms with Gasteiger partial charge in [0.05, 0.1) is 0 Å². The van der Waals surface area contributed by atoms with Crippen LogP contribution in [0.25, 0.3) is 0 Å². The number of nitrogen functional groups attached to an aromatic ring is 1. The summed E-state index contributed by atoms with van der Waals surface area (Å²) in [5.74, 6) is 0.130. The van der Waals surface area contributed by atoms with Gasteiger partial charge in [-0.1, -0.05) is 37.6 Å². The molecule has 0 heterocycles. The van der Waals surface area contributed by atoms with Crippen LogP contribution in [-0.4, -0.2) is 24.3 Å². The highest BCUT2D eigenvalue weighted by Crippen LogP contribution is 2.06. The Morgan fingerprint density at radius 1 is 1.31 bits per heavy atom. The molecular formula is C13H21N3. The molecule has 0 spiro atoms. The molecule has 0 aliphatic carbocycles. The molecule has 3 heteroatoms. The van der Waals surface area contributed by atoms with Gasteiger partial charge in [0.1, 0.15) is 5.84 Å². The zero-order valence-corrected chi connectivity index (χ0v) is 10.2. The van der Waals surface area contributed by atoms with Crippen LogP contribution in [0.1, 0.15) is 30.9 Å². The Labute approximate surface area is 97.8 Å². The van der Waals surface area contributed by atoms with Crippen molar-refractivity contribution in [2.75, 3.05) is 13.6 Å². The van der Waals surface area contributed by atoms with Crippen LogP contribution in [0, 0.1) is 5.41 Å². The average Bonchev–Trinajstić information content (AvgIpc) is 2.27. The summed E-state index contributed by atoms with van der Waals surface area (Å²) < 4.78 is 0. The van der Waals surface area contributed by atoms with Gasteiger partial charge in [-0.2, -0.15) is 0 Å². The normalized spacial score (nSPS) is 10.7. The number of hydrogen-bond acceptors (Lipinski definition) is 2. The number of nitrogens with one attached hydrogen (secondary N) is 1. The second-order valence-corrected chi connectivity index (χ2v) is 4.20. The first-order valence-corrected chi connectivity index (χ1v) is 5.75. The molecular weight excluding hydrogens is 198 g/mol. The highest BCUT2D eigenvalue weighted by atomic mass is 15.1. The second-order valence-electron chi connectivity index (χ2n) is 4.20. The van der Waals surface area contributed by atoms with E-state index >= 15 is 0 Å². The third-order valence-corrected chi connectivity index (χ3v) is 2.61. The Hall–Kier alpha value is -1.35. The molecule has 0 radical (unpaired) electrons. The van der Waals surface area contributed by atoms with Crippen molar-refractivity contribution < 1.29 is 0 Å². The van der Waals surface area contributed by atoms with E-state index in [1.165, 1.54) is 18.4 Å². The Morgan fingerprint density at radius 3 is 2.44 bits per heavy atom. The lowest BCUT2D eigenvalue weighted by molar-refractivity contribution is 0.321. The van der Waals surface area contributed by atoms with Crippen molar-refractivity contribution in [3.63, 3.8) is 0 Å². The summed E-state index contributed by atoms with van der Waals surface area (Å²) in [6, 6.07) is 7.90. The predicted octanol–water partition coefficient (Wildman–Crippen LogP) is 2.20. The molecule has 88 valence electrons. The van der Waals surface area contributed by atoms with Gasteiger partial charge in [-0.15, -0.1) is 0 Å². The predicted molar refractivity (Wildman–Crippen MR) is 68.7 cm³/mol. The van der Waals surface area contributed by atoms with E-state index < -0.39 is 0 Å². The SMILES string of the molecule is CCCCN(C)Cc1ccc(C(=N)N)cc1. The maximum Gasteiger partial charge on any atom is 0.122 e. The summed E-state index contributed by atoms with van der Waals surface area (Å²) in [5, 5.41) is 7.31.